The van der Waals surface area contributed by atoms with Crippen LogP contribution in [0.1, 0.15) is 5.56 Å². The first-order chi connectivity index (χ1) is 5.92. The number of nitrogens with zero attached hydrogens (tertiary/aromatic N) is 2. The molecule has 1 aliphatic heterocycles. The molecule has 0 radical (unpaired) electrons. The summed E-state index contributed by atoms with van der Waals surface area (Å²) >= 11 is 0. The topological polar surface area (TPSA) is 43.7 Å². The number of hydrogen-bond donors (Lipinski definition) is 0. The van der Waals surface area contributed by atoms with Crippen molar-refractivity contribution in [3.63, 3.8) is 0 Å². The zero-order chi connectivity index (χ0) is 8.39. The second kappa shape index (κ2) is 2.81. The summed E-state index contributed by atoms with van der Waals surface area (Å²) in [6.07, 6.45) is 1.69. The van der Waals surface area contributed by atoms with Gasteiger partial charge in [0.05, 0.1) is 5.56 Å². The molecule has 4 heteroatoms. The molecule has 4 nitrogen and oxygen atoms in total. The molecule has 0 atom stereocenters. The van der Waals surface area contributed by atoms with Crippen molar-refractivity contribution in [1.29, 1.82) is 0 Å². The number of rotatable bonds is 1. The lowest BCUT2D eigenvalue weighted by atomic mass is 10.2. The summed E-state index contributed by atoms with van der Waals surface area (Å²) in [5, 5.41) is 3.82. The van der Waals surface area contributed by atoms with Crippen LogP contribution in [0.25, 0.3) is 0 Å². The van der Waals surface area contributed by atoms with Gasteiger partial charge in [0.15, 0.2) is 0 Å². The highest BCUT2D eigenvalue weighted by Crippen LogP contribution is 2.21. The fourth-order valence-electron chi connectivity index (χ4n) is 1.13. The van der Waals surface area contributed by atoms with Crippen LogP contribution in [-0.4, -0.2) is 24.4 Å². The van der Waals surface area contributed by atoms with E-state index < -0.39 is 0 Å². The van der Waals surface area contributed by atoms with Gasteiger partial charge in [-0.25, -0.2) is 4.98 Å². The van der Waals surface area contributed by atoms with E-state index in [0.717, 1.165) is 11.3 Å². The van der Waals surface area contributed by atoms with Crippen LogP contribution in [0.15, 0.2) is 23.5 Å². The molecule has 2 rings (SSSR count). The second-order valence-electron chi connectivity index (χ2n) is 2.37. The van der Waals surface area contributed by atoms with Crippen LogP contribution < -0.4 is 4.74 Å². The van der Waals surface area contributed by atoms with E-state index in [2.05, 4.69) is 15.0 Å². The maximum absolute atomic E-state index is 5.24. The van der Waals surface area contributed by atoms with Crippen molar-refractivity contribution in [3.05, 3.63) is 23.9 Å². The molecule has 0 bridgehead atoms. The fraction of sp³-hybridized carbons (Fsp3) is 0.250. The first-order valence-electron chi connectivity index (χ1n) is 3.60. The zero-order valence-corrected chi connectivity index (χ0v) is 6.65. The van der Waals surface area contributed by atoms with E-state index in [9.17, 15) is 0 Å². The Labute approximate surface area is 69.8 Å². The van der Waals surface area contributed by atoms with Crippen LogP contribution in [0.5, 0.6) is 5.88 Å². The molecule has 1 aromatic rings. The molecule has 1 aliphatic rings. The van der Waals surface area contributed by atoms with Crippen LogP contribution in [0.4, 0.5) is 0 Å². The lowest BCUT2D eigenvalue weighted by Gasteiger charge is -1.92. The Hall–Kier alpha value is -1.58. The predicted octanol–water partition coefficient (Wildman–Crippen LogP) is 0.825. The molecular formula is C8H8N2O2. The summed E-state index contributed by atoms with van der Waals surface area (Å²) in [7, 11) is 1.52. The Morgan fingerprint density at radius 2 is 2.58 bits per heavy atom. The molecule has 0 unspecified atom stereocenters. The third kappa shape index (κ3) is 1.01. The molecular weight excluding hydrogens is 156 g/mol. The van der Waals surface area contributed by atoms with E-state index in [1.807, 2.05) is 12.1 Å². The summed E-state index contributed by atoms with van der Waals surface area (Å²) < 4.78 is 5.24. The van der Waals surface area contributed by atoms with Gasteiger partial charge in [0.1, 0.15) is 19.4 Å². The molecule has 0 saturated heterocycles. The molecule has 0 amide bonds. The molecule has 0 aliphatic carbocycles. The van der Waals surface area contributed by atoms with Gasteiger partial charge in [-0.3, -0.25) is 0 Å². The highest BCUT2D eigenvalue weighted by atomic mass is 16.6. The van der Waals surface area contributed by atoms with Crippen molar-refractivity contribution >= 4 is 5.71 Å². The van der Waals surface area contributed by atoms with E-state index in [0.29, 0.717) is 12.5 Å². The third-order valence-electron chi connectivity index (χ3n) is 1.63. The quantitative estimate of drug-likeness (QED) is 0.577. The molecule has 0 fully saturated rings. The second-order valence-corrected chi connectivity index (χ2v) is 2.37. The van der Waals surface area contributed by atoms with Crippen molar-refractivity contribution in [1.82, 2.24) is 4.98 Å². The first-order valence-corrected chi connectivity index (χ1v) is 3.60. The van der Waals surface area contributed by atoms with Gasteiger partial charge in [0.2, 0.25) is 5.88 Å². The Balaban J connectivity index is 2.43. The minimum atomic E-state index is 0.445. The normalized spacial score (nSPS) is 17.2. The van der Waals surface area contributed by atoms with Gasteiger partial charge < -0.3 is 9.57 Å². The van der Waals surface area contributed by atoms with Crippen molar-refractivity contribution in [2.75, 3.05) is 13.7 Å². The van der Waals surface area contributed by atoms with Crippen molar-refractivity contribution < 1.29 is 9.57 Å². The summed E-state index contributed by atoms with van der Waals surface area (Å²) in [4.78, 5) is 8.70. The molecule has 2 heterocycles. The van der Waals surface area contributed by atoms with Crippen LogP contribution in [0.3, 0.4) is 0 Å². The highest BCUT2D eigenvalue weighted by molar-refractivity contribution is 6.05. The van der Waals surface area contributed by atoms with Crippen LogP contribution in [0, 0.1) is 0 Å². The van der Waals surface area contributed by atoms with Gasteiger partial charge in [-0.2, -0.15) is 0 Å². The van der Waals surface area contributed by atoms with Crippen molar-refractivity contribution in [3.8, 4) is 5.88 Å². The Morgan fingerprint density at radius 3 is 3.42 bits per heavy atom. The van der Waals surface area contributed by atoms with Crippen LogP contribution in [-0.2, 0) is 4.84 Å². The van der Waals surface area contributed by atoms with Gasteiger partial charge in [0.25, 0.3) is 0 Å². The SMILES string of the molecule is CO/N=C1\COc2ncccc21. The summed E-state index contributed by atoms with van der Waals surface area (Å²) in [5.41, 5.74) is 1.71. The molecule has 0 aromatic carbocycles. The maximum Gasteiger partial charge on any atom is 0.223 e. The van der Waals surface area contributed by atoms with Gasteiger partial charge in [-0.15, -0.1) is 0 Å². The Bertz CT molecular complexity index is 323. The minimum Gasteiger partial charge on any atom is -0.471 e. The van der Waals surface area contributed by atoms with E-state index in [4.69, 9.17) is 4.74 Å². The number of fused-ring (bicyclic) bond motifs is 1. The van der Waals surface area contributed by atoms with Gasteiger partial charge in [-0.1, -0.05) is 5.16 Å². The van der Waals surface area contributed by atoms with E-state index >= 15 is 0 Å². The smallest absolute Gasteiger partial charge is 0.223 e. The molecule has 0 N–H and O–H groups in total. The molecule has 1 aromatic heterocycles. The average Bonchev–Trinajstić information content (AvgIpc) is 2.50. The lowest BCUT2D eigenvalue weighted by molar-refractivity contribution is 0.211. The van der Waals surface area contributed by atoms with Crippen LogP contribution in [0.2, 0.25) is 0 Å². The van der Waals surface area contributed by atoms with E-state index in [-0.39, 0.29) is 0 Å². The molecule has 12 heavy (non-hydrogen) atoms. The minimum absolute atomic E-state index is 0.445. The Morgan fingerprint density at radius 1 is 1.67 bits per heavy atom. The van der Waals surface area contributed by atoms with E-state index in [1.54, 1.807) is 6.20 Å². The lowest BCUT2D eigenvalue weighted by Crippen LogP contribution is -2.02. The van der Waals surface area contributed by atoms with Gasteiger partial charge in [-0.05, 0) is 12.1 Å². The largest absolute Gasteiger partial charge is 0.471 e. The first kappa shape index (κ1) is 7.09. The predicted molar refractivity (Wildman–Crippen MR) is 43.3 cm³/mol. The zero-order valence-electron chi connectivity index (χ0n) is 6.65. The number of ether oxygens (including phenoxy) is 1. The average molecular weight is 164 g/mol. The monoisotopic (exact) mass is 164 g/mol. The highest BCUT2D eigenvalue weighted by Gasteiger charge is 2.20. The van der Waals surface area contributed by atoms with E-state index in [1.165, 1.54) is 7.11 Å². The van der Waals surface area contributed by atoms with Gasteiger partial charge >= 0.3 is 0 Å². The number of pyridine rings is 1. The number of hydrogen-bond acceptors (Lipinski definition) is 4. The molecule has 62 valence electrons. The fourth-order valence-corrected chi connectivity index (χ4v) is 1.13. The molecule has 0 saturated carbocycles. The van der Waals surface area contributed by atoms with Crippen molar-refractivity contribution in [2.45, 2.75) is 0 Å². The molecule has 0 spiro atoms. The summed E-state index contributed by atoms with van der Waals surface area (Å²) in [6.45, 7) is 0.445. The van der Waals surface area contributed by atoms with Crippen LogP contribution >= 0.6 is 0 Å². The number of oxime groups is 1. The Kier molecular flexibility index (Phi) is 1.66. The van der Waals surface area contributed by atoms with Crippen molar-refractivity contribution in [2.24, 2.45) is 5.16 Å². The standard InChI is InChI=1S/C8H8N2O2/c1-11-10-7-5-12-8-6(7)3-2-4-9-8/h2-4H,5H2,1H3/b10-7+. The number of aromatic nitrogens is 1. The third-order valence-corrected chi connectivity index (χ3v) is 1.63. The summed E-state index contributed by atoms with van der Waals surface area (Å²) in [5.74, 6) is 0.633. The summed E-state index contributed by atoms with van der Waals surface area (Å²) in [6, 6.07) is 3.76. The maximum atomic E-state index is 5.24. The van der Waals surface area contributed by atoms with Gasteiger partial charge in [0, 0.05) is 6.20 Å².